The Kier molecular flexibility index (Phi) is 4.52. The number of benzene rings is 1. The van der Waals surface area contributed by atoms with E-state index < -0.39 is 6.04 Å². The molecule has 0 bridgehead atoms. The van der Waals surface area contributed by atoms with Crippen LogP contribution >= 0.6 is 11.3 Å². The smallest absolute Gasteiger partial charge is 0.334 e. The van der Waals surface area contributed by atoms with Gasteiger partial charge in [-0.3, -0.25) is 0 Å². The second-order valence-corrected chi connectivity index (χ2v) is 4.83. The Morgan fingerprint density at radius 1 is 1.42 bits per heavy atom. The number of rotatable bonds is 5. The van der Waals surface area contributed by atoms with Gasteiger partial charge in [0, 0.05) is 11.1 Å². The summed E-state index contributed by atoms with van der Waals surface area (Å²) in [5, 5.41) is 5.01. The monoisotopic (exact) mass is 276 g/mol. The van der Waals surface area contributed by atoms with Gasteiger partial charge in [0.2, 0.25) is 0 Å². The number of aromatic nitrogens is 1. The van der Waals surface area contributed by atoms with E-state index >= 15 is 0 Å². The number of ether oxygens (including phenoxy) is 1. The molecule has 0 amide bonds. The largest absolute Gasteiger partial charge is 0.464 e. The molecule has 1 heterocycles. The second-order valence-electron chi connectivity index (χ2n) is 4.11. The lowest BCUT2D eigenvalue weighted by molar-refractivity contribution is -0.144. The molecule has 1 unspecified atom stereocenters. The zero-order chi connectivity index (χ0) is 13.7. The normalized spacial score (nSPS) is 11.9. The Hall–Kier alpha value is -1.88. The van der Waals surface area contributed by atoms with Crippen molar-refractivity contribution in [2.45, 2.75) is 19.9 Å². The van der Waals surface area contributed by atoms with Crippen molar-refractivity contribution in [2.24, 2.45) is 0 Å². The van der Waals surface area contributed by atoms with E-state index in [0.29, 0.717) is 12.3 Å². The highest BCUT2D eigenvalue weighted by Gasteiger charge is 2.23. The molecule has 0 aliphatic rings. The molecule has 0 spiro atoms. The third-order valence-corrected chi connectivity index (χ3v) is 3.24. The number of nitrogens with one attached hydrogen (secondary N) is 1. The SMILES string of the molecule is CCOC(=O)C(Nc1ccc(C)cc1)c1cscn1. The van der Waals surface area contributed by atoms with Crippen molar-refractivity contribution in [2.75, 3.05) is 11.9 Å². The molecule has 0 saturated heterocycles. The highest BCUT2D eigenvalue weighted by molar-refractivity contribution is 7.07. The van der Waals surface area contributed by atoms with Gasteiger partial charge in [-0.25, -0.2) is 9.78 Å². The van der Waals surface area contributed by atoms with Crippen LogP contribution in [0.5, 0.6) is 0 Å². The number of carbonyl (C=O) groups excluding carboxylic acids is 1. The molecule has 0 fully saturated rings. The van der Waals surface area contributed by atoms with E-state index in [1.54, 1.807) is 12.4 Å². The second kappa shape index (κ2) is 6.33. The number of hydrogen-bond donors (Lipinski definition) is 1. The third-order valence-electron chi connectivity index (χ3n) is 2.63. The lowest BCUT2D eigenvalue weighted by Crippen LogP contribution is -2.23. The number of esters is 1. The van der Waals surface area contributed by atoms with Crippen LogP contribution in [0.1, 0.15) is 24.2 Å². The molecule has 1 aromatic carbocycles. The molecule has 1 atom stereocenters. The summed E-state index contributed by atoms with van der Waals surface area (Å²) in [7, 11) is 0. The van der Waals surface area contributed by atoms with Crippen molar-refractivity contribution in [1.29, 1.82) is 0 Å². The first-order valence-electron chi connectivity index (χ1n) is 6.08. The standard InChI is InChI=1S/C14H16N2O2S/c1-3-18-14(17)13(12-8-19-9-15-12)16-11-6-4-10(2)5-7-11/h4-9,13,16H,3H2,1-2H3. The fourth-order valence-corrected chi connectivity index (χ4v) is 2.24. The lowest BCUT2D eigenvalue weighted by atomic mass is 10.2. The van der Waals surface area contributed by atoms with Crippen LogP contribution < -0.4 is 5.32 Å². The number of carbonyl (C=O) groups is 1. The maximum absolute atomic E-state index is 12.0. The van der Waals surface area contributed by atoms with Crippen molar-refractivity contribution in [3.05, 3.63) is 46.4 Å². The molecule has 19 heavy (non-hydrogen) atoms. The summed E-state index contributed by atoms with van der Waals surface area (Å²) < 4.78 is 5.09. The summed E-state index contributed by atoms with van der Waals surface area (Å²) in [5.74, 6) is -0.311. The Bertz CT molecular complexity index is 523. The molecule has 5 heteroatoms. The molecule has 2 aromatic rings. The van der Waals surface area contributed by atoms with E-state index in [2.05, 4.69) is 10.3 Å². The predicted molar refractivity (Wildman–Crippen MR) is 76.3 cm³/mol. The molecule has 4 nitrogen and oxygen atoms in total. The van der Waals surface area contributed by atoms with Crippen LogP contribution in [-0.2, 0) is 9.53 Å². The van der Waals surface area contributed by atoms with Crippen molar-refractivity contribution < 1.29 is 9.53 Å². The fourth-order valence-electron chi connectivity index (χ4n) is 1.66. The minimum atomic E-state index is -0.561. The van der Waals surface area contributed by atoms with E-state index in [-0.39, 0.29) is 5.97 Å². The molecule has 1 N–H and O–H groups in total. The molecule has 0 saturated carbocycles. The zero-order valence-corrected chi connectivity index (χ0v) is 11.7. The van der Waals surface area contributed by atoms with Gasteiger partial charge in [-0.1, -0.05) is 17.7 Å². The van der Waals surface area contributed by atoms with Gasteiger partial charge in [-0.15, -0.1) is 11.3 Å². The van der Waals surface area contributed by atoms with Crippen LogP contribution in [0.25, 0.3) is 0 Å². The van der Waals surface area contributed by atoms with Crippen molar-refractivity contribution in [3.8, 4) is 0 Å². The number of anilines is 1. The van der Waals surface area contributed by atoms with Crippen molar-refractivity contribution in [1.82, 2.24) is 4.98 Å². The van der Waals surface area contributed by atoms with Gasteiger partial charge in [0.25, 0.3) is 0 Å². The first-order valence-corrected chi connectivity index (χ1v) is 7.03. The van der Waals surface area contributed by atoms with E-state index in [4.69, 9.17) is 4.74 Å². The number of nitrogens with zero attached hydrogens (tertiary/aromatic N) is 1. The van der Waals surface area contributed by atoms with Crippen LogP contribution in [0.2, 0.25) is 0 Å². The summed E-state index contributed by atoms with van der Waals surface area (Å²) in [6, 6.07) is 7.30. The summed E-state index contributed by atoms with van der Waals surface area (Å²) in [4.78, 5) is 16.2. The van der Waals surface area contributed by atoms with Gasteiger partial charge in [-0.2, -0.15) is 0 Å². The number of hydrogen-bond acceptors (Lipinski definition) is 5. The van der Waals surface area contributed by atoms with Crippen molar-refractivity contribution in [3.63, 3.8) is 0 Å². The summed E-state index contributed by atoms with van der Waals surface area (Å²) in [5.41, 5.74) is 4.44. The van der Waals surface area contributed by atoms with E-state index in [9.17, 15) is 4.79 Å². The summed E-state index contributed by atoms with van der Waals surface area (Å²) >= 11 is 1.46. The minimum Gasteiger partial charge on any atom is -0.464 e. The fraction of sp³-hybridized carbons (Fsp3) is 0.286. The highest BCUT2D eigenvalue weighted by atomic mass is 32.1. The highest BCUT2D eigenvalue weighted by Crippen LogP contribution is 2.21. The van der Waals surface area contributed by atoms with Gasteiger partial charge >= 0.3 is 5.97 Å². The van der Waals surface area contributed by atoms with Crippen LogP contribution in [0, 0.1) is 6.92 Å². The van der Waals surface area contributed by atoms with Crippen LogP contribution in [-0.4, -0.2) is 17.6 Å². The maximum Gasteiger partial charge on any atom is 0.334 e. The van der Waals surface area contributed by atoms with E-state index in [1.165, 1.54) is 16.9 Å². The molecular weight excluding hydrogens is 260 g/mol. The van der Waals surface area contributed by atoms with Gasteiger partial charge in [0.15, 0.2) is 6.04 Å². The van der Waals surface area contributed by atoms with E-state index in [1.807, 2.05) is 36.6 Å². The molecule has 0 aliphatic carbocycles. The van der Waals surface area contributed by atoms with Gasteiger partial charge < -0.3 is 10.1 Å². The Labute approximate surface area is 116 Å². The quantitative estimate of drug-likeness (QED) is 0.852. The third kappa shape index (κ3) is 3.54. The Morgan fingerprint density at radius 2 is 2.16 bits per heavy atom. The van der Waals surface area contributed by atoms with Crippen molar-refractivity contribution >= 4 is 23.0 Å². The molecule has 0 radical (unpaired) electrons. The summed E-state index contributed by atoms with van der Waals surface area (Å²) in [6.07, 6.45) is 0. The van der Waals surface area contributed by atoms with Gasteiger partial charge in [-0.05, 0) is 26.0 Å². The average molecular weight is 276 g/mol. The van der Waals surface area contributed by atoms with Crippen LogP contribution in [0.4, 0.5) is 5.69 Å². The molecule has 2 rings (SSSR count). The molecule has 1 aromatic heterocycles. The first-order chi connectivity index (χ1) is 9.20. The minimum absolute atomic E-state index is 0.311. The Morgan fingerprint density at radius 3 is 2.74 bits per heavy atom. The topological polar surface area (TPSA) is 51.2 Å². The Balaban J connectivity index is 2.18. The van der Waals surface area contributed by atoms with Gasteiger partial charge in [0.1, 0.15) is 0 Å². The zero-order valence-electron chi connectivity index (χ0n) is 10.9. The molecular formula is C14H16N2O2S. The molecule has 0 aliphatic heterocycles. The van der Waals surface area contributed by atoms with Crippen LogP contribution in [0.15, 0.2) is 35.2 Å². The predicted octanol–water partition coefficient (Wildman–Crippen LogP) is 3.17. The number of thiazole rings is 1. The maximum atomic E-state index is 12.0. The first kappa shape index (κ1) is 13.5. The number of aryl methyl sites for hydroxylation is 1. The lowest BCUT2D eigenvalue weighted by Gasteiger charge is -2.16. The summed E-state index contributed by atoms with van der Waals surface area (Å²) in [6.45, 7) is 4.17. The average Bonchev–Trinajstić information content (AvgIpc) is 2.92. The van der Waals surface area contributed by atoms with Gasteiger partial charge in [0.05, 0.1) is 17.8 Å². The molecule has 100 valence electrons. The van der Waals surface area contributed by atoms with Crippen LogP contribution in [0.3, 0.4) is 0 Å². The van der Waals surface area contributed by atoms with E-state index in [0.717, 1.165) is 5.69 Å².